The zero-order chi connectivity index (χ0) is 9.19. The lowest BCUT2D eigenvalue weighted by molar-refractivity contribution is 0.0799. The molecule has 1 aromatic rings. The van der Waals surface area contributed by atoms with E-state index in [1.54, 1.807) is 13.8 Å². The number of rotatable bonds is 2. The normalized spacial score (nSPS) is 11.7. The van der Waals surface area contributed by atoms with Gasteiger partial charge in [-0.15, -0.1) is 0 Å². The topological polar surface area (TPSA) is 33.1 Å². The minimum atomic E-state index is -0.833. The van der Waals surface area contributed by atoms with Crippen molar-refractivity contribution in [3.63, 3.8) is 0 Å². The second kappa shape index (κ2) is 3.19. The maximum Gasteiger partial charge on any atom is 0.126 e. The largest absolute Gasteiger partial charge is 0.390 e. The van der Waals surface area contributed by atoms with Crippen LogP contribution in [0.15, 0.2) is 18.3 Å². The Kier molecular flexibility index (Phi) is 2.43. The van der Waals surface area contributed by atoms with Gasteiger partial charge in [-0.3, -0.25) is 4.98 Å². The maximum atomic E-state index is 12.6. The summed E-state index contributed by atoms with van der Waals surface area (Å²) in [4.78, 5) is 3.92. The number of pyridine rings is 1. The Balaban J connectivity index is 2.77. The van der Waals surface area contributed by atoms with Crippen LogP contribution in [0.5, 0.6) is 0 Å². The van der Waals surface area contributed by atoms with Gasteiger partial charge in [0.05, 0.1) is 5.60 Å². The molecular weight excluding hydrogens is 157 g/mol. The lowest BCUT2D eigenvalue weighted by Gasteiger charge is -2.15. The molecule has 0 saturated carbocycles. The Labute approximate surface area is 71.1 Å². The molecule has 2 nitrogen and oxygen atoms in total. The standard InChI is InChI=1S/C9H12FNO/c1-9(2,12)6-8-5-7(10)3-4-11-8/h3-5,12H,6H2,1-2H3. The van der Waals surface area contributed by atoms with E-state index >= 15 is 0 Å². The van der Waals surface area contributed by atoms with E-state index in [0.717, 1.165) is 0 Å². The van der Waals surface area contributed by atoms with E-state index in [1.807, 2.05) is 0 Å². The predicted octanol–water partition coefficient (Wildman–Crippen LogP) is 1.53. The summed E-state index contributed by atoms with van der Waals surface area (Å²) in [6.45, 7) is 3.33. The van der Waals surface area contributed by atoms with E-state index in [1.165, 1.54) is 18.3 Å². The zero-order valence-electron chi connectivity index (χ0n) is 7.21. The average molecular weight is 169 g/mol. The summed E-state index contributed by atoms with van der Waals surface area (Å²) in [5, 5.41) is 9.40. The number of halogens is 1. The SMILES string of the molecule is CC(C)(O)Cc1cc(F)ccn1. The number of hydrogen-bond acceptors (Lipinski definition) is 2. The summed E-state index contributed by atoms with van der Waals surface area (Å²) in [6.07, 6.45) is 1.77. The molecular formula is C9H12FNO. The van der Waals surface area contributed by atoms with E-state index in [0.29, 0.717) is 12.1 Å². The highest BCUT2D eigenvalue weighted by atomic mass is 19.1. The van der Waals surface area contributed by atoms with Crippen molar-refractivity contribution in [2.45, 2.75) is 25.9 Å². The van der Waals surface area contributed by atoms with E-state index in [-0.39, 0.29) is 5.82 Å². The highest BCUT2D eigenvalue weighted by molar-refractivity contribution is 5.07. The van der Waals surface area contributed by atoms with E-state index in [9.17, 15) is 9.50 Å². The van der Waals surface area contributed by atoms with Gasteiger partial charge in [-0.05, 0) is 26.0 Å². The second-order valence-electron chi connectivity index (χ2n) is 3.45. The van der Waals surface area contributed by atoms with Crippen LogP contribution in [0.3, 0.4) is 0 Å². The van der Waals surface area contributed by atoms with Gasteiger partial charge in [0, 0.05) is 18.3 Å². The van der Waals surface area contributed by atoms with Gasteiger partial charge in [-0.2, -0.15) is 0 Å². The molecule has 1 N–H and O–H groups in total. The van der Waals surface area contributed by atoms with Crippen molar-refractivity contribution in [1.29, 1.82) is 0 Å². The Hall–Kier alpha value is -0.960. The molecule has 0 spiro atoms. The van der Waals surface area contributed by atoms with Crippen LogP contribution >= 0.6 is 0 Å². The molecule has 1 aromatic heterocycles. The molecule has 0 aliphatic heterocycles. The highest BCUT2D eigenvalue weighted by Gasteiger charge is 2.14. The summed E-state index contributed by atoms with van der Waals surface area (Å²) >= 11 is 0. The molecule has 0 unspecified atom stereocenters. The summed E-state index contributed by atoms with van der Waals surface area (Å²) in [5.41, 5.74) is -0.261. The molecule has 66 valence electrons. The lowest BCUT2D eigenvalue weighted by atomic mass is 10.0. The zero-order valence-corrected chi connectivity index (χ0v) is 7.21. The van der Waals surface area contributed by atoms with Crippen LogP contribution in [-0.4, -0.2) is 15.7 Å². The molecule has 0 bridgehead atoms. The molecule has 1 rings (SSSR count). The van der Waals surface area contributed by atoms with Crippen molar-refractivity contribution < 1.29 is 9.50 Å². The van der Waals surface area contributed by atoms with Gasteiger partial charge >= 0.3 is 0 Å². The molecule has 0 atom stereocenters. The molecule has 12 heavy (non-hydrogen) atoms. The van der Waals surface area contributed by atoms with Gasteiger partial charge < -0.3 is 5.11 Å². The summed E-state index contributed by atoms with van der Waals surface area (Å²) < 4.78 is 12.6. The minimum Gasteiger partial charge on any atom is -0.390 e. The first-order chi connectivity index (χ1) is 5.47. The number of hydrogen-bond donors (Lipinski definition) is 1. The van der Waals surface area contributed by atoms with Gasteiger partial charge in [0.25, 0.3) is 0 Å². The van der Waals surface area contributed by atoms with Crippen LogP contribution in [0.1, 0.15) is 19.5 Å². The Morgan fingerprint density at radius 1 is 1.58 bits per heavy atom. The monoisotopic (exact) mass is 169 g/mol. The van der Waals surface area contributed by atoms with Gasteiger partial charge in [0.15, 0.2) is 0 Å². The first-order valence-corrected chi connectivity index (χ1v) is 3.80. The average Bonchev–Trinajstić information content (AvgIpc) is 1.82. The van der Waals surface area contributed by atoms with E-state index < -0.39 is 5.60 Å². The van der Waals surface area contributed by atoms with Gasteiger partial charge in [0.2, 0.25) is 0 Å². The number of nitrogens with zero attached hydrogens (tertiary/aromatic N) is 1. The first-order valence-electron chi connectivity index (χ1n) is 3.80. The van der Waals surface area contributed by atoms with Crippen molar-refractivity contribution in [2.24, 2.45) is 0 Å². The fourth-order valence-electron chi connectivity index (χ4n) is 0.989. The summed E-state index contributed by atoms with van der Waals surface area (Å²) in [6, 6.07) is 2.62. The van der Waals surface area contributed by atoms with Crippen molar-refractivity contribution >= 4 is 0 Å². The van der Waals surface area contributed by atoms with E-state index in [4.69, 9.17) is 0 Å². The Morgan fingerprint density at radius 3 is 2.75 bits per heavy atom. The molecule has 0 saturated heterocycles. The third-order valence-corrected chi connectivity index (χ3v) is 1.39. The van der Waals surface area contributed by atoms with Crippen LogP contribution in [0.4, 0.5) is 4.39 Å². The predicted molar refractivity (Wildman–Crippen MR) is 44.2 cm³/mol. The van der Waals surface area contributed by atoms with Gasteiger partial charge in [0.1, 0.15) is 5.82 Å². The third-order valence-electron chi connectivity index (χ3n) is 1.39. The molecule has 0 amide bonds. The quantitative estimate of drug-likeness (QED) is 0.728. The first kappa shape index (κ1) is 9.13. The fourth-order valence-corrected chi connectivity index (χ4v) is 0.989. The van der Waals surface area contributed by atoms with Gasteiger partial charge in [-0.25, -0.2) is 4.39 Å². The Bertz CT molecular complexity index is 267. The lowest BCUT2D eigenvalue weighted by Crippen LogP contribution is -2.22. The molecule has 0 fully saturated rings. The molecule has 0 aromatic carbocycles. The smallest absolute Gasteiger partial charge is 0.126 e. The number of aliphatic hydroxyl groups is 1. The molecule has 0 radical (unpaired) electrons. The van der Waals surface area contributed by atoms with Crippen molar-refractivity contribution in [3.8, 4) is 0 Å². The summed E-state index contributed by atoms with van der Waals surface area (Å²) in [5.74, 6) is -0.316. The van der Waals surface area contributed by atoms with Crippen molar-refractivity contribution in [3.05, 3.63) is 29.8 Å². The second-order valence-corrected chi connectivity index (χ2v) is 3.45. The van der Waals surface area contributed by atoms with Gasteiger partial charge in [-0.1, -0.05) is 0 Å². The fraction of sp³-hybridized carbons (Fsp3) is 0.444. The molecule has 0 aliphatic carbocycles. The van der Waals surface area contributed by atoms with Crippen LogP contribution in [0.2, 0.25) is 0 Å². The van der Waals surface area contributed by atoms with Crippen molar-refractivity contribution in [2.75, 3.05) is 0 Å². The maximum absolute atomic E-state index is 12.6. The Morgan fingerprint density at radius 2 is 2.25 bits per heavy atom. The molecule has 3 heteroatoms. The van der Waals surface area contributed by atoms with E-state index in [2.05, 4.69) is 4.98 Å². The van der Waals surface area contributed by atoms with Crippen LogP contribution < -0.4 is 0 Å². The number of aromatic nitrogens is 1. The van der Waals surface area contributed by atoms with Crippen LogP contribution in [0.25, 0.3) is 0 Å². The molecule has 1 heterocycles. The third kappa shape index (κ3) is 2.96. The summed E-state index contributed by atoms with van der Waals surface area (Å²) in [7, 11) is 0. The minimum absolute atomic E-state index is 0.316. The molecule has 0 aliphatic rings. The highest BCUT2D eigenvalue weighted by Crippen LogP contribution is 2.10. The van der Waals surface area contributed by atoms with Crippen LogP contribution in [0, 0.1) is 5.82 Å². The van der Waals surface area contributed by atoms with Crippen LogP contribution in [-0.2, 0) is 6.42 Å². The van der Waals surface area contributed by atoms with Crippen molar-refractivity contribution in [1.82, 2.24) is 4.98 Å².